The molecule has 0 aromatic carbocycles. The fourth-order valence-electron chi connectivity index (χ4n) is 1.69. The van der Waals surface area contributed by atoms with Gasteiger partial charge in [-0.15, -0.1) is 12.4 Å². The summed E-state index contributed by atoms with van der Waals surface area (Å²) in [4.78, 5) is 0. The molecule has 0 saturated heterocycles. The minimum absolute atomic E-state index is 0. The molecule has 1 aromatic rings. The van der Waals surface area contributed by atoms with E-state index in [1.807, 2.05) is 11.7 Å². The second-order valence-electron chi connectivity index (χ2n) is 4.72. The van der Waals surface area contributed by atoms with E-state index in [-0.39, 0.29) is 12.4 Å². The van der Waals surface area contributed by atoms with Crippen molar-refractivity contribution in [3.63, 3.8) is 0 Å². The average Bonchev–Trinajstić information content (AvgIpc) is 2.60. The van der Waals surface area contributed by atoms with Crippen molar-refractivity contribution in [3.8, 4) is 0 Å². The first kappa shape index (κ1) is 16.5. The fraction of sp³-hybridized carbons (Fsp3) is 0.769. The molecule has 0 atom stereocenters. The molecule has 0 radical (unpaired) electrons. The lowest BCUT2D eigenvalue weighted by Crippen LogP contribution is -2.16. The van der Waals surface area contributed by atoms with E-state index in [9.17, 15) is 0 Å². The Bertz CT molecular complexity index is 308. The SMILES string of the molecule is CCCCCNCc1cc(C(C)C)nn1C.Cl. The summed E-state index contributed by atoms with van der Waals surface area (Å²) in [5, 5.41) is 7.97. The first-order chi connectivity index (χ1) is 7.65. The van der Waals surface area contributed by atoms with Crippen molar-refractivity contribution >= 4 is 12.4 Å². The third-order valence-electron chi connectivity index (χ3n) is 2.85. The molecule has 1 N–H and O–H groups in total. The van der Waals surface area contributed by atoms with Crippen LogP contribution >= 0.6 is 12.4 Å². The highest BCUT2D eigenvalue weighted by Crippen LogP contribution is 2.13. The van der Waals surface area contributed by atoms with E-state index in [2.05, 4.69) is 37.3 Å². The van der Waals surface area contributed by atoms with Crippen molar-refractivity contribution < 1.29 is 0 Å². The van der Waals surface area contributed by atoms with E-state index >= 15 is 0 Å². The van der Waals surface area contributed by atoms with Crippen LogP contribution < -0.4 is 5.32 Å². The van der Waals surface area contributed by atoms with Gasteiger partial charge in [0, 0.05) is 13.6 Å². The standard InChI is InChI=1S/C13H25N3.ClH/c1-5-6-7-8-14-10-12-9-13(11(2)3)15-16(12)4;/h9,11,14H,5-8,10H2,1-4H3;1H. The lowest BCUT2D eigenvalue weighted by Gasteiger charge is -2.03. The largest absolute Gasteiger partial charge is 0.311 e. The van der Waals surface area contributed by atoms with E-state index in [1.54, 1.807) is 0 Å². The zero-order valence-corrected chi connectivity index (χ0v) is 12.3. The van der Waals surface area contributed by atoms with Gasteiger partial charge in [-0.2, -0.15) is 5.10 Å². The molecule has 4 heteroatoms. The van der Waals surface area contributed by atoms with Crippen molar-refractivity contribution in [3.05, 3.63) is 17.5 Å². The van der Waals surface area contributed by atoms with Gasteiger partial charge in [-0.05, 0) is 24.9 Å². The maximum absolute atomic E-state index is 4.50. The number of halogens is 1. The van der Waals surface area contributed by atoms with Crippen molar-refractivity contribution in [2.24, 2.45) is 7.05 Å². The van der Waals surface area contributed by atoms with Gasteiger partial charge in [0.1, 0.15) is 0 Å². The van der Waals surface area contributed by atoms with Gasteiger partial charge in [0.2, 0.25) is 0 Å². The molecule has 1 heterocycles. The van der Waals surface area contributed by atoms with Gasteiger partial charge in [0.05, 0.1) is 11.4 Å². The Morgan fingerprint density at radius 3 is 2.59 bits per heavy atom. The Morgan fingerprint density at radius 2 is 2.06 bits per heavy atom. The zero-order chi connectivity index (χ0) is 12.0. The van der Waals surface area contributed by atoms with Crippen LogP contribution in [0.4, 0.5) is 0 Å². The summed E-state index contributed by atoms with van der Waals surface area (Å²) in [5.41, 5.74) is 2.47. The van der Waals surface area contributed by atoms with E-state index < -0.39 is 0 Å². The molecule has 0 aliphatic rings. The van der Waals surface area contributed by atoms with Crippen molar-refractivity contribution in [2.45, 2.75) is 52.5 Å². The summed E-state index contributed by atoms with van der Waals surface area (Å²) in [6, 6.07) is 2.21. The Hall–Kier alpha value is -0.540. The molecule has 0 bridgehead atoms. The van der Waals surface area contributed by atoms with E-state index in [4.69, 9.17) is 0 Å². The van der Waals surface area contributed by atoms with Crippen LogP contribution in [-0.2, 0) is 13.6 Å². The number of hydrogen-bond donors (Lipinski definition) is 1. The number of rotatable bonds is 7. The summed E-state index contributed by atoms with van der Waals surface area (Å²) < 4.78 is 1.99. The van der Waals surface area contributed by atoms with Crippen LogP contribution in [0.15, 0.2) is 6.07 Å². The second kappa shape index (κ2) is 8.54. The van der Waals surface area contributed by atoms with E-state index in [1.165, 1.54) is 30.7 Å². The van der Waals surface area contributed by atoms with Gasteiger partial charge in [-0.1, -0.05) is 33.6 Å². The molecular formula is C13H26ClN3. The second-order valence-corrected chi connectivity index (χ2v) is 4.72. The van der Waals surface area contributed by atoms with Crippen LogP contribution in [-0.4, -0.2) is 16.3 Å². The summed E-state index contributed by atoms with van der Waals surface area (Å²) in [7, 11) is 2.02. The summed E-state index contributed by atoms with van der Waals surface area (Å²) in [6.07, 6.45) is 3.87. The molecule has 1 rings (SSSR count). The third-order valence-corrected chi connectivity index (χ3v) is 2.85. The van der Waals surface area contributed by atoms with Crippen molar-refractivity contribution in [1.82, 2.24) is 15.1 Å². The van der Waals surface area contributed by atoms with Crippen molar-refractivity contribution in [1.29, 1.82) is 0 Å². The van der Waals surface area contributed by atoms with Crippen LogP contribution in [0.3, 0.4) is 0 Å². The van der Waals surface area contributed by atoms with Crippen molar-refractivity contribution in [2.75, 3.05) is 6.54 Å². The van der Waals surface area contributed by atoms with Crippen LogP contribution in [0, 0.1) is 0 Å². The zero-order valence-electron chi connectivity index (χ0n) is 11.5. The van der Waals surface area contributed by atoms with Crippen LogP contribution in [0.2, 0.25) is 0 Å². The predicted octanol–water partition coefficient (Wildman–Crippen LogP) is 3.25. The lowest BCUT2D eigenvalue weighted by molar-refractivity contribution is 0.586. The van der Waals surface area contributed by atoms with Gasteiger partial charge in [0.25, 0.3) is 0 Å². The first-order valence-corrected chi connectivity index (χ1v) is 6.38. The number of nitrogens with one attached hydrogen (secondary N) is 1. The molecule has 0 fully saturated rings. The summed E-state index contributed by atoms with van der Waals surface area (Å²) in [6.45, 7) is 8.63. The molecule has 3 nitrogen and oxygen atoms in total. The number of aryl methyl sites for hydroxylation is 1. The number of nitrogens with zero attached hydrogens (tertiary/aromatic N) is 2. The van der Waals surface area contributed by atoms with Gasteiger partial charge in [-0.3, -0.25) is 4.68 Å². The Balaban J connectivity index is 0.00000256. The molecule has 1 aromatic heterocycles. The quantitative estimate of drug-likeness (QED) is 0.762. The highest BCUT2D eigenvalue weighted by molar-refractivity contribution is 5.85. The molecule has 17 heavy (non-hydrogen) atoms. The Morgan fingerprint density at radius 1 is 1.35 bits per heavy atom. The highest BCUT2D eigenvalue weighted by Gasteiger charge is 2.07. The number of unbranched alkanes of at least 4 members (excludes halogenated alkanes) is 2. The van der Waals surface area contributed by atoms with Crippen LogP contribution in [0.25, 0.3) is 0 Å². The first-order valence-electron chi connectivity index (χ1n) is 6.38. The molecule has 100 valence electrons. The normalized spacial score (nSPS) is 10.6. The Labute approximate surface area is 111 Å². The molecule has 0 unspecified atom stereocenters. The monoisotopic (exact) mass is 259 g/mol. The van der Waals surface area contributed by atoms with Crippen LogP contribution in [0.1, 0.15) is 57.3 Å². The minimum Gasteiger partial charge on any atom is -0.311 e. The van der Waals surface area contributed by atoms with Gasteiger partial charge >= 0.3 is 0 Å². The lowest BCUT2D eigenvalue weighted by atomic mass is 10.1. The average molecular weight is 260 g/mol. The molecule has 0 spiro atoms. The smallest absolute Gasteiger partial charge is 0.0653 e. The summed E-state index contributed by atoms with van der Waals surface area (Å²) in [5.74, 6) is 0.514. The third kappa shape index (κ3) is 5.55. The summed E-state index contributed by atoms with van der Waals surface area (Å²) >= 11 is 0. The van der Waals surface area contributed by atoms with E-state index in [0.717, 1.165) is 13.1 Å². The Kier molecular flexibility index (Phi) is 8.26. The maximum atomic E-state index is 4.50. The molecular weight excluding hydrogens is 234 g/mol. The van der Waals surface area contributed by atoms with Crippen LogP contribution in [0.5, 0.6) is 0 Å². The minimum atomic E-state index is 0. The molecule has 0 saturated carbocycles. The highest BCUT2D eigenvalue weighted by atomic mass is 35.5. The van der Waals surface area contributed by atoms with E-state index in [0.29, 0.717) is 5.92 Å². The molecule has 0 amide bonds. The number of hydrogen-bond acceptors (Lipinski definition) is 2. The topological polar surface area (TPSA) is 29.9 Å². The van der Waals surface area contributed by atoms with Gasteiger partial charge < -0.3 is 5.32 Å². The molecule has 0 aliphatic heterocycles. The molecule has 0 aliphatic carbocycles. The fourth-order valence-corrected chi connectivity index (χ4v) is 1.69. The maximum Gasteiger partial charge on any atom is 0.0653 e. The van der Waals surface area contributed by atoms with Gasteiger partial charge in [-0.25, -0.2) is 0 Å². The predicted molar refractivity (Wildman–Crippen MR) is 75.8 cm³/mol. The van der Waals surface area contributed by atoms with Gasteiger partial charge in [0.15, 0.2) is 0 Å². The number of aromatic nitrogens is 2.